The molecule has 0 atom stereocenters. The average Bonchev–Trinajstić information content (AvgIpc) is 2.57. The minimum atomic E-state index is 0.0625. The van der Waals surface area contributed by atoms with Crippen molar-refractivity contribution in [3.05, 3.63) is 47.1 Å². The van der Waals surface area contributed by atoms with Gasteiger partial charge in [0.2, 0.25) is 0 Å². The van der Waals surface area contributed by atoms with Crippen LogP contribution in [-0.2, 0) is 16.5 Å². The van der Waals surface area contributed by atoms with E-state index in [0.29, 0.717) is 13.2 Å². The maximum atomic E-state index is 8.79. The fourth-order valence-corrected chi connectivity index (χ4v) is 2.98. The number of allylic oxidation sites excluding steroid dienone is 3. The highest BCUT2D eigenvalue weighted by atomic mass is 32.2. The SMILES string of the molecule is CC.CCOc1ccc([SH+]C2=CCCC(OCCO)=C2)cc1. The lowest BCUT2D eigenvalue weighted by Gasteiger charge is -2.11. The number of rotatable bonds is 7. The van der Waals surface area contributed by atoms with Crippen molar-refractivity contribution in [2.75, 3.05) is 19.8 Å². The van der Waals surface area contributed by atoms with Crippen LogP contribution in [0.15, 0.2) is 52.0 Å². The van der Waals surface area contributed by atoms with Crippen molar-refractivity contribution in [1.29, 1.82) is 0 Å². The first-order valence-corrected chi connectivity index (χ1v) is 8.80. The molecule has 122 valence electrons. The zero-order valence-corrected chi connectivity index (χ0v) is 14.6. The summed E-state index contributed by atoms with van der Waals surface area (Å²) >= 11 is 1.17. The predicted molar refractivity (Wildman–Crippen MR) is 94.4 cm³/mol. The first-order chi connectivity index (χ1) is 10.8. The molecule has 0 saturated carbocycles. The molecule has 1 aromatic carbocycles. The number of hydrogen-bond acceptors (Lipinski definition) is 3. The summed E-state index contributed by atoms with van der Waals surface area (Å²) in [6.45, 7) is 7.11. The van der Waals surface area contributed by atoms with Crippen LogP contribution in [0, 0.1) is 0 Å². The molecule has 3 nitrogen and oxygen atoms in total. The molecule has 0 heterocycles. The van der Waals surface area contributed by atoms with Crippen molar-refractivity contribution in [1.82, 2.24) is 0 Å². The van der Waals surface area contributed by atoms with Gasteiger partial charge in [-0.2, -0.15) is 0 Å². The molecule has 4 heteroatoms. The molecule has 0 radical (unpaired) electrons. The lowest BCUT2D eigenvalue weighted by molar-refractivity contribution is 0.139. The Balaban J connectivity index is 0.00000116. The zero-order chi connectivity index (χ0) is 16.2. The van der Waals surface area contributed by atoms with E-state index in [4.69, 9.17) is 14.6 Å². The molecular weight excluding hydrogens is 296 g/mol. The Morgan fingerprint density at radius 1 is 1.14 bits per heavy atom. The number of aliphatic hydroxyl groups is 1. The molecule has 0 saturated heterocycles. The zero-order valence-electron chi connectivity index (χ0n) is 13.7. The molecule has 1 aliphatic rings. The van der Waals surface area contributed by atoms with Gasteiger partial charge in [-0.25, -0.2) is 0 Å². The maximum Gasteiger partial charge on any atom is 0.158 e. The van der Waals surface area contributed by atoms with E-state index in [2.05, 4.69) is 24.3 Å². The van der Waals surface area contributed by atoms with Crippen LogP contribution in [0.5, 0.6) is 5.75 Å². The third kappa shape index (κ3) is 6.58. The maximum absolute atomic E-state index is 8.79. The van der Waals surface area contributed by atoms with E-state index < -0.39 is 0 Å². The lowest BCUT2D eigenvalue weighted by Crippen LogP contribution is -2.03. The summed E-state index contributed by atoms with van der Waals surface area (Å²) in [7, 11) is 0. The van der Waals surface area contributed by atoms with Crippen molar-refractivity contribution >= 4 is 11.8 Å². The summed E-state index contributed by atoms with van der Waals surface area (Å²) in [4.78, 5) is 2.48. The molecular formula is C18H27O3S+. The van der Waals surface area contributed by atoms with Gasteiger partial charge in [-0.05, 0) is 43.7 Å². The van der Waals surface area contributed by atoms with Crippen LogP contribution in [-0.4, -0.2) is 24.9 Å². The van der Waals surface area contributed by atoms with Crippen LogP contribution in [0.2, 0.25) is 0 Å². The van der Waals surface area contributed by atoms with Crippen molar-refractivity contribution in [2.24, 2.45) is 0 Å². The molecule has 0 fully saturated rings. The summed E-state index contributed by atoms with van der Waals surface area (Å²) in [5, 5.41) is 8.79. The molecule has 1 aromatic rings. The number of thiol groups is 1. The monoisotopic (exact) mass is 323 g/mol. The summed E-state index contributed by atoms with van der Waals surface area (Å²) in [5.74, 6) is 1.88. The molecule has 0 bridgehead atoms. The molecule has 1 N–H and O–H groups in total. The summed E-state index contributed by atoms with van der Waals surface area (Å²) < 4.78 is 10.9. The highest BCUT2D eigenvalue weighted by Gasteiger charge is 2.14. The standard InChI is InChI=1S/C16H20O3S.C2H6/c1-2-18-13-6-8-15(9-7-13)20-16-5-3-4-14(12-16)19-11-10-17;1-2/h5-9,12,17H,2-4,10-11H2,1H3;1-2H3/p+1. The molecule has 0 aromatic heterocycles. The van der Waals surface area contributed by atoms with Gasteiger partial charge in [-0.1, -0.05) is 13.8 Å². The van der Waals surface area contributed by atoms with Gasteiger partial charge in [-0.15, -0.1) is 0 Å². The van der Waals surface area contributed by atoms with Gasteiger partial charge >= 0.3 is 0 Å². The number of aliphatic hydroxyl groups excluding tert-OH is 1. The first-order valence-electron chi connectivity index (χ1n) is 7.91. The Labute approximate surface area is 138 Å². The number of hydrogen-bond donors (Lipinski definition) is 1. The van der Waals surface area contributed by atoms with Crippen molar-refractivity contribution in [2.45, 2.75) is 38.5 Å². The van der Waals surface area contributed by atoms with E-state index in [9.17, 15) is 0 Å². The van der Waals surface area contributed by atoms with E-state index in [0.717, 1.165) is 24.4 Å². The number of benzene rings is 1. The topological polar surface area (TPSA) is 38.7 Å². The van der Waals surface area contributed by atoms with Crippen LogP contribution in [0.3, 0.4) is 0 Å². The second-order valence-electron chi connectivity index (χ2n) is 4.39. The van der Waals surface area contributed by atoms with Gasteiger partial charge < -0.3 is 14.6 Å². The van der Waals surface area contributed by atoms with Crippen molar-refractivity contribution < 1.29 is 14.6 Å². The van der Waals surface area contributed by atoms with Crippen LogP contribution in [0.25, 0.3) is 0 Å². The van der Waals surface area contributed by atoms with Crippen molar-refractivity contribution in [3.8, 4) is 5.75 Å². The summed E-state index contributed by atoms with van der Waals surface area (Å²) in [6, 6.07) is 8.18. The van der Waals surface area contributed by atoms with Gasteiger partial charge in [0.1, 0.15) is 18.1 Å². The highest BCUT2D eigenvalue weighted by molar-refractivity contribution is 7.83. The Bertz CT molecular complexity index is 478. The lowest BCUT2D eigenvalue weighted by atomic mass is 10.1. The highest BCUT2D eigenvalue weighted by Crippen LogP contribution is 2.23. The largest absolute Gasteiger partial charge is 0.495 e. The minimum Gasteiger partial charge on any atom is -0.495 e. The van der Waals surface area contributed by atoms with E-state index in [1.54, 1.807) is 0 Å². The first kappa shape index (κ1) is 18.7. The Kier molecular flexibility index (Phi) is 9.51. The molecule has 22 heavy (non-hydrogen) atoms. The quantitative estimate of drug-likeness (QED) is 0.612. The Morgan fingerprint density at radius 2 is 1.86 bits per heavy atom. The van der Waals surface area contributed by atoms with Crippen molar-refractivity contribution in [3.63, 3.8) is 0 Å². The van der Waals surface area contributed by atoms with Crippen LogP contribution >= 0.6 is 0 Å². The van der Waals surface area contributed by atoms with Crippen LogP contribution in [0.4, 0.5) is 0 Å². The van der Waals surface area contributed by atoms with Gasteiger partial charge in [0.25, 0.3) is 0 Å². The fraction of sp³-hybridized carbons (Fsp3) is 0.444. The van der Waals surface area contributed by atoms with Crippen LogP contribution in [0.1, 0.15) is 33.6 Å². The van der Waals surface area contributed by atoms with E-state index in [-0.39, 0.29) is 6.61 Å². The molecule has 1 aliphatic carbocycles. The van der Waals surface area contributed by atoms with Crippen LogP contribution < -0.4 is 4.74 Å². The molecule has 0 unspecified atom stereocenters. The average molecular weight is 323 g/mol. The fourth-order valence-electron chi connectivity index (χ4n) is 1.96. The minimum absolute atomic E-state index is 0.0625. The van der Waals surface area contributed by atoms with Gasteiger partial charge in [0.05, 0.1) is 13.2 Å². The Morgan fingerprint density at radius 3 is 2.50 bits per heavy atom. The summed E-state index contributed by atoms with van der Waals surface area (Å²) in [6.07, 6.45) is 6.24. The molecule has 0 aliphatic heterocycles. The van der Waals surface area contributed by atoms with Gasteiger partial charge in [0.15, 0.2) is 9.80 Å². The Hall–Kier alpha value is -1.39. The predicted octanol–water partition coefficient (Wildman–Crippen LogP) is 3.86. The summed E-state index contributed by atoms with van der Waals surface area (Å²) in [5.41, 5.74) is 0. The third-order valence-electron chi connectivity index (χ3n) is 2.84. The normalized spacial score (nSPS) is 13.5. The molecule has 0 spiro atoms. The molecule has 2 rings (SSSR count). The van der Waals surface area contributed by atoms with E-state index in [1.807, 2.05) is 32.9 Å². The molecule has 0 amide bonds. The second kappa shape index (κ2) is 11.2. The smallest absolute Gasteiger partial charge is 0.158 e. The number of ether oxygens (including phenoxy) is 2. The van der Waals surface area contributed by atoms with Gasteiger partial charge in [0, 0.05) is 24.3 Å². The third-order valence-corrected chi connectivity index (χ3v) is 3.96. The van der Waals surface area contributed by atoms with E-state index in [1.165, 1.54) is 21.6 Å². The second-order valence-corrected chi connectivity index (χ2v) is 5.65. The van der Waals surface area contributed by atoms with Gasteiger partial charge in [-0.3, -0.25) is 0 Å². The van der Waals surface area contributed by atoms with E-state index >= 15 is 0 Å².